The van der Waals surface area contributed by atoms with E-state index < -0.39 is 0 Å². The second-order valence-electron chi connectivity index (χ2n) is 12.7. The number of ether oxygens (including phenoxy) is 2. The van der Waals surface area contributed by atoms with Gasteiger partial charge in [0.2, 0.25) is 5.95 Å². The first kappa shape index (κ1) is 39.0. The maximum Gasteiger partial charge on any atom is 0.222 e. The van der Waals surface area contributed by atoms with Gasteiger partial charge in [-0.05, 0) is 97.1 Å². The smallest absolute Gasteiger partial charge is 0.222 e. The first-order chi connectivity index (χ1) is 29.2. The molecule has 4 aromatic carbocycles. The highest BCUT2D eigenvalue weighted by Gasteiger charge is 2.09. The van der Waals surface area contributed by atoms with Gasteiger partial charge in [0.1, 0.15) is 64.0 Å². The lowest BCUT2D eigenvalue weighted by Crippen LogP contribution is -2.01. The molecular formula is C44H34N14O2. The van der Waals surface area contributed by atoms with Crippen LogP contribution in [0.1, 0.15) is 11.4 Å². The van der Waals surface area contributed by atoms with Crippen molar-refractivity contribution >= 4 is 46.2 Å². The topological polar surface area (TPSA) is 272 Å². The summed E-state index contributed by atoms with van der Waals surface area (Å²) >= 11 is 0. The maximum absolute atomic E-state index is 8.93. The molecule has 60 heavy (non-hydrogen) atoms. The van der Waals surface area contributed by atoms with Crippen LogP contribution in [-0.4, -0.2) is 29.9 Å². The molecule has 16 heteroatoms. The van der Waals surface area contributed by atoms with E-state index in [0.29, 0.717) is 74.7 Å². The van der Waals surface area contributed by atoms with E-state index in [9.17, 15) is 0 Å². The standard InChI is InChI=1S/2C22H17N7O/c23-13-17-11-19(9-10-26-17)30-18-7-5-16(6-8-18)27-21-12-20(25)28-22(29-21)14-1-3-15(24)4-2-14;23-13-17-11-19(9-10-26-17)30-18-7-5-16(6-8-18)27-21-12-20(28-22(25)29-21)14-1-3-15(24)4-2-14/h2*1-12H,24H2,(H3,25,27,28,29). The van der Waals surface area contributed by atoms with Gasteiger partial charge in [0.15, 0.2) is 5.82 Å². The largest absolute Gasteiger partial charge is 0.457 e. The summed E-state index contributed by atoms with van der Waals surface area (Å²) < 4.78 is 11.5. The van der Waals surface area contributed by atoms with E-state index in [4.69, 9.17) is 42.9 Å². The molecule has 10 N–H and O–H groups in total. The van der Waals surface area contributed by atoms with Gasteiger partial charge in [-0.1, -0.05) is 12.1 Å². The van der Waals surface area contributed by atoms with Crippen LogP contribution in [0.5, 0.6) is 23.0 Å². The Bertz CT molecular complexity index is 2630. The fourth-order valence-corrected chi connectivity index (χ4v) is 5.48. The molecule has 0 aliphatic carbocycles. The van der Waals surface area contributed by atoms with Crippen LogP contribution < -0.4 is 43.0 Å². The van der Waals surface area contributed by atoms with Crippen LogP contribution in [0.25, 0.3) is 22.6 Å². The SMILES string of the molecule is N#Cc1cc(Oc2ccc(Nc3cc(-c4ccc(N)cc4)nc(N)n3)cc2)ccn1.N#Cc1cc(Oc2ccc(Nc3cc(N)nc(-c4ccc(N)cc4)n3)cc2)ccn1. The van der Waals surface area contributed by atoms with E-state index in [1.165, 1.54) is 12.4 Å². The van der Waals surface area contributed by atoms with Crippen molar-refractivity contribution in [3.63, 3.8) is 0 Å². The molecule has 0 amide bonds. The van der Waals surface area contributed by atoms with Gasteiger partial charge in [0.25, 0.3) is 0 Å². The molecule has 8 aromatic rings. The Labute approximate surface area is 343 Å². The number of hydrogen-bond acceptors (Lipinski definition) is 16. The summed E-state index contributed by atoms with van der Waals surface area (Å²) in [6, 6.07) is 43.2. The fraction of sp³-hybridized carbons (Fsp3) is 0. The Morgan fingerprint density at radius 2 is 0.950 bits per heavy atom. The third kappa shape index (κ3) is 10.5. The molecule has 0 bridgehead atoms. The number of nitrogens with zero attached hydrogens (tertiary/aromatic N) is 8. The number of nitriles is 2. The van der Waals surface area contributed by atoms with Gasteiger partial charge in [-0.3, -0.25) is 0 Å². The van der Waals surface area contributed by atoms with E-state index in [0.717, 1.165) is 22.5 Å². The van der Waals surface area contributed by atoms with Crippen LogP contribution in [0.15, 0.2) is 146 Å². The first-order valence-electron chi connectivity index (χ1n) is 18.0. The molecule has 4 aromatic heterocycles. The molecule has 16 nitrogen and oxygen atoms in total. The van der Waals surface area contributed by atoms with Gasteiger partial charge in [-0.25, -0.2) is 24.9 Å². The van der Waals surface area contributed by atoms with Crippen LogP contribution in [0.3, 0.4) is 0 Å². The van der Waals surface area contributed by atoms with Gasteiger partial charge in [0, 0.05) is 70.5 Å². The van der Waals surface area contributed by atoms with Crippen molar-refractivity contribution in [1.82, 2.24) is 29.9 Å². The lowest BCUT2D eigenvalue weighted by atomic mass is 10.1. The minimum absolute atomic E-state index is 0.165. The van der Waals surface area contributed by atoms with Crippen molar-refractivity contribution in [1.29, 1.82) is 10.5 Å². The fourth-order valence-electron chi connectivity index (χ4n) is 5.48. The molecule has 0 atom stereocenters. The van der Waals surface area contributed by atoms with Crippen LogP contribution in [0, 0.1) is 22.7 Å². The molecule has 8 rings (SSSR count). The summed E-state index contributed by atoms with van der Waals surface area (Å²) in [4.78, 5) is 25.2. The molecule has 292 valence electrons. The van der Waals surface area contributed by atoms with Crippen LogP contribution in [-0.2, 0) is 0 Å². The highest BCUT2D eigenvalue weighted by atomic mass is 16.5. The number of nitrogen functional groups attached to an aromatic ring is 4. The predicted molar refractivity (Wildman–Crippen MR) is 230 cm³/mol. The highest BCUT2D eigenvalue weighted by Crippen LogP contribution is 2.28. The summed E-state index contributed by atoms with van der Waals surface area (Å²) in [6.45, 7) is 0. The maximum atomic E-state index is 8.93. The summed E-state index contributed by atoms with van der Waals surface area (Å²) in [7, 11) is 0. The van der Waals surface area contributed by atoms with Crippen molar-refractivity contribution in [2.24, 2.45) is 0 Å². The van der Waals surface area contributed by atoms with E-state index in [1.807, 2.05) is 78.9 Å². The highest BCUT2D eigenvalue weighted by molar-refractivity contribution is 5.69. The van der Waals surface area contributed by atoms with Gasteiger partial charge >= 0.3 is 0 Å². The molecule has 0 spiro atoms. The van der Waals surface area contributed by atoms with Crippen molar-refractivity contribution in [3.05, 3.63) is 157 Å². The normalized spacial score (nSPS) is 10.2. The Morgan fingerprint density at radius 1 is 0.467 bits per heavy atom. The van der Waals surface area contributed by atoms with Gasteiger partial charge in [-0.15, -0.1) is 0 Å². The zero-order valence-corrected chi connectivity index (χ0v) is 31.6. The number of benzene rings is 4. The lowest BCUT2D eigenvalue weighted by molar-refractivity contribution is 0.481. The molecule has 0 saturated heterocycles. The van der Waals surface area contributed by atoms with Gasteiger partial charge in [-0.2, -0.15) is 15.5 Å². The number of nitrogens with two attached hydrogens (primary N) is 4. The zero-order chi connectivity index (χ0) is 41.8. The number of hydrogen-bond donors (Lipinski definition) is 6. The summed E-state index contributed by atoms with van der Waals surface area (Å²) in [5.41, 5.74) is 29.2. The lowest BCUT2D eigenvalue weighted by Gasteiger charge is -2.10. The molecule has 0 saturated carbocycles. The summed E-state index contributed by atoms with van der Waals surface area (Å²) in [6.07, 6.45) is 3.06. The predicted octanol–water partition coefficient (Wildman–Crippen LogP) is 8.22. The van der Waals surface area contributed by atoms with E-state index in [2.05, 4.69) is 40.5 Å². The molecular weight excluding hydrogens is 757 g/mol. The van der Waals surface area contributed by atoms with Gasteiger partial charge in [0.05, 0.1) is 5.69 Å². The second kappa shape index (κ2) is 18.1. The number of pyridine rings is 2. The summed E-state index contributed by atoms with van der Waals surface area (Å²) in [5.74, 6) is 4.48. The third-order valence-electron chi connectivity index (χ3n) is 8.28. The Hall–Kier alpha value is -9.28. The second-order valence-corrected chi connectivity index (χ2v) is 12.7. The van der Waals surface area contributed by atoms with Crippen LogP contribution in [0.2, 0.25) is 0 Å². The number of anilines is 8. The van der Waals surface area contributed by atoms with Crippen LogP contribution >= 0.6 is 0 Å². The molecule has 0 unspecified atom stereocenters. The van der Waals surface area contributed by atoms with E-state index >= 15 is 0 Å². The number of rotatable bonds is 10. The monoisotopic (exact) mass is 790 g/mol. The minimum Gasteiger partial charge on any atom is -0.457 e. The first-order valence-corrected chi connectivity index (χ1v) is 18.0. The number of aromatic nitrogens is 6. The van der Waals surface area contributed by atoms with Gasteiger partial charge < -0.3 is 43.0 Å². The average molecular weight is 791 g/mol. The molecule has 0 aliphatic rings. The Morgan fingerprint density at radius 3 is 1.45 bits per heavy atom. The van der Waals surface area contributed by atoms with Crippen LogP contribution in [0.4, 0.5) is 46.2 Å². The van der Waals surface area contributed by atoms with Crippen molar-refractivity contribution in [3.8, 4) is 57.8 Å². The van der Waals surface area contributed by atoms with E-state index in [-0.39, 0.29) is 5.95 Å². The van der Waals surface area contributed by atoms with E-state index in [1.54, 1.807) is 66.7 Å². The Kier molecular flexibility index (Phi) is 11.8. The number of nitrogens with one attached hydrogen (secondary N) is 2. The van der Waals surface area contributed by atoms with Crippen molar-refractivity contribution in [2.75, 3.05) is 33.6 Å². The quantitative estimate of drug-likeness (QED) is 0.0712. The van der Waals surface area contributed by atoms with Crippen molar-refractivity contribution in [2.45, 2.75) is 0 Å². The molecule has 4 heterocycles. The average Bonchev–Trinajstić information content (AvgIpc) is 3.25. The minimum atomic E-state index is 0.165. The summed E-state index contributed by atoms with van der Waals surface area (Å²) in [5, 5.41) is 24.3. The molecule has 0 aliphatic heterocycles. The third-order valence-corrected chi connectivity index (χ3v) is 8.28. The Balaban J connectivity index is 0.000000181. The zero-order valence-electron chi connectivity index (χ0n) is 31.6. The molecule has 0 radical (unpaired) electrons. The van der Waals surface area contributed by atoms with Crippen molar-refractivity contribution < 1.29 is 9.47 Å². The molecule has 0 fully saturated rings.